The van der Waals surface area contributed by atoms with Crippen LogP contribution >= 0.6 is 0 Å². The average Bonchev–Trinajstić information content (AvgIpc) is 2.49. The number of rotatable bonds is 5. The minimum absolute atomic E-state index is 0.102. The zero-order valence-corrected chi connectivity index (χ0v) is 13.3. The number of benzene rings is 2. The molecule has 0 saturated heterocycles. The van der Waals surface area contributed by atoms with Crippen LogP contribution in [-0.2, 0) is 15.4 Å². The zero-order valence-electron chi connectivity index (χ0n) is 13.3. The second kappa shape index (κ2) is 5.89. The van der Waals surface area contributed by atoms with Crippen molar-refractivity contribution in [2.75, 3.05) is 0 Å². The summed E-state index contributed by atoms with van der Waals surface area (Å²) in [6.07, 6.45) is 1.12. The first-order chi connectivity index (χ1) is 9.90. The maximum absolute atomic E-state index is 11.9. The molecule has 0 aliphatic rings. The predicted molar refractivity (Wildman–Crippen MR) is 91.4 cm³/mol. The Morgan fingerprint density at radius 3 is 1.33 bits per heavy atom. The molecule has 0 aromatic heterocycles. The van der Waals surface area contributed by atoms with E-state index in [1.807, 2.05) is 36.4 Å². The van der Waals surface area contributed by atoms with Crippen molar-refractivity contribution in [2.45, 2.75) is 38.3 Å². The number of carbonyl (C=O) groups is 1. The lowest BCUT2D eigenvalue weighted by atomic mass is 9.22. The molecule has 2 aromatic rings. The van der Waals surface area contributed by atoms with Crippen molar-refractivity contribution in [3.05, 3.63) is 71.8 Å². The summed E-state index contributed by atoms with van der Waals surface area (Å²) in [5.41, 5.74) is 2.40. The molecule has 0 amide bonds. The van der Waals surface area contributed by atoms with Crippen LogP contribution in [0.25, 0.3) is 0 Å². The number of hydrogen-bond acceptors (Lipinski definition) is 1. The Labute approximate surface area is 128 Å². The third kappa shape index (κ3) is 2.95. The Hall–Kier alpha value is -1.83. The minimum Gasteiger partial charge on any atom is -0.315 e. The second-order valence-electron chi connectivity index (χ2n) is 6.79. The molecule has 2 aromatic carbocycles. The van der Waals surface area contributed by atoms with Crippen LogP contribution in [0.15, 0.2) is 60.7 Å². The third-order valence-corrected chi connectivity index (χ3v) is 4.73. The summed E-state index contributed by atoms with van der Waals surface area (Å²) in [6, 6.07) is 20.6. The first-order valence-corrected chi connectivity index (χ1v) is 7.47. The smallest absolute Gasteiger partial charge is 0.239 e. The van der Waals surface area contributed by atoms with Crippen LogP contribution in [-0.4, -0.2) is 12.9 Å². The van der Waals surface area contributed by atoms with Gasteiger partial charge in [0.05, 0.1) is 6.19 Å². The molecule has 2 heteroatoms. The maximum Gasteiger partial charge on any atom is 0.239 e. The van der Waals surface area contributed by atoms with Gasteiger partial charge in [-0.15, -0.1) is 0 Å². The van der Waals surface area contributed by atoms with E-state index in [2.05, 4.69) is 52.0 Å². The Balaban J connectivity index is 2.46. The highest BCUT2D eigenvalue weighted by atomic mass is 16.1. The summed E-state index contributed by atoms with van der Waals surface area (Å²) in [5.74, 6) is 0. The van der Waals surface area contributed by atoms with Crippen molar-refractivity contribution in [2.24, 2.45) is 0 Å². The largest absolute Gasteiger partial charge is 0.315 e. The summed E-state index contributed by atoms with van der Waals surface area (Å²) in [6.45, 7) is 8.53. The SMILES string of the molecule is CC(C)(B(C=O)C(C)(C)c1ccccc1)c1ccccc1. The molecule has 21 heavy (non-hydrogen) atoms. The molecule has 0 atom stereocenters. The molecule has 2 rings (SSSR count). The number of hydrogen-bond donors (Lipinski definition) is 0. The lowest BCUT2D eigenvalue weighted by Crippen LogP contribution is -2.53. The second-order valence-corrected chi connectivity index (χ2v) is 6.79. The van der Waals surface area contributed by atoms with Gasteiger partial charge in [0, 0.05) is 0 Å². The van der Waals surface area contributed by atoms with Gasteiger partial charge in [0.25, 0.3) is 0 Å². The fraction of sp³-hybridized carbons (Fsp3) is 0.316. The lowest BCUT2D eigenvalue weighted by molar-refractivity contribution is 0.558. The third-order valence-electron chi connectivity index (χ3n) is 4.73. The van der Waals surface area contributed by atoms with Crippen LogP contribution in [0.1, 0.15) is 38.8 Å². The van der Waals surface area contributed by atoms with E-state index in [1.54, 1.807) is 0 Å². The molecular formula is C19H23BO. The van der Waals surface area contributed by atoms with Crippen LogP contribution in [0, 0.1) is 0 Å². The van der Waals surface area contributed by atoms with Crippen LogP contribution in [0.5, 0.6) is 0 Å². The molecule has 108 valence electrons. The summed E-state index contributed by atoms with van der Waals surface area (Å²) < 4.78 is 0. The van der Waals surface area contributed by atoms with Crippen molar-refractivity contribution in [3.63, 3.8) is 0 Å². The molecule has 0 spiro atoms. The molecule has 0 aliphatic heterocycles. The van der Waals surface area contributed by atoms with E-state index in [1.165, 1.54) is 11.1 Å². The van der Waals surface area contributed by atoms with Gasteiger partial charge in [-0.05, 0) is 21.8 Å². The molecule has 0 aliphatic carbocycles. The lowest BCUT2D eigenvalue weighted by Gasteiger charge is -2.39. The molecule has 0 N–H and O–H groups in total. The molecule has 1 nitrogen and oxygen atoms in total. The van der Waals surface area contributed by atoms with E-state index in [4.69, 9.17) is 0 Å². The molecule has 0 bridgehead atoms. The molecule has 0 saturated carbocycles. The van der Waals surface area contributed by atoms with Crippen molar-refractivity contribution in [1.29, 1.82) is 0 Å². The van der Waals surface area contributed by atoms with Gasteiger partial charge in [-0.3, -0.25) is 0 Å². The summed E-state index contributed by atoms with van der Waals surface area (Å²) >= 11 is 0. The van der Waals surface area contributed by atoms with Crippen LogP contribution in [0.3, 0.4) is 0 Å². The summed E-state index contributed by atoms with van der Waals surface area (Å²) in [4.78, 5) is 11.9. The monoisotopic (exact) mass is 278 g/mol. The van der Waals surface area contributed by atoms with E-state index in [9.17, 15) is 4.79 Å². The van der Waals surface area contributed by atoms with Gasteiger partial charge in [-0.1, -0.05) is 88.4 Å². The summed E-state index contributed by atoms with van der Waals surface area (Å²) in [7, 11) is 0. The van der Waals surface area contributed by atoms with E-state index >= 15 is 0 Å². The zero-order chi connectivity index (χ0) is 15.5. The number of carbonyl (C=O) groups excluding carboxylic acids is 1. The van der Waals surface area contributed by atoms with Crippen molar-refractivity contribution < 1.29 is 4.79 Å². The fourth-order valence-electron chi connectivity index (χ4n) is 3.34. The topological polar surface area (TPSA) is 17.1 Å². The molecular weight excluding hydrogens is 255 g/mol. The van der Waals surface area contributed by atoms with Gasteiger partial charge in [-0.2, -0.15) is 0 Å². The Kier molecular flexibility index (Phi) is 4.36. The Morgan fingerprint density at radius 2 is 1.05 bits per heavy atom. The highest BCUT2D eigenvalue weighted by molar-refractivity contribution is 6.88. The molecule has 0 fully saturated rings. The fourth-order valence-corrected chi connectivity index (χ4v) is 3.34. The first kappa shape index (κ1) is 15.6. The first-order valence-electron chi connectivity index (χ1n) is 7.47. The normalized spacial score (nSPS) is 12.0. The highest BCUT2D eigenvalue weighted by Crippen LogP contribution is 2.36. The van der Waals surface area contributed by atoms with Gasteiger partial charge in [-0.25, -0.2) is 0 Å². The standard InChI is InChI=1S/C19H23BO/c1-18(2,16-11-7-5-8-12-16)20(15-21)19(3,4)17-13-9-6-10-14-17/h5-15H,1-4H3. The van der Waals surface area contributed by atoms with E-state index in [-0.39, 0.29) is 17.3 Å². The highest BCUT2D eigenvalue weighted by Gasteiger charge is 2.46. The van der Waals surface area contributed by atoms with Crippen LogP contribution < -0.4 is 0 Å². The van der Waals surface area contributed by atoms with E-state index in [0.29, 0.717) is 0 Å². The van der Waals surface area contributed by atoms with Gasteiger partial charge in [0.2, 0.25) is 6.71 Å². The van der Waals surface area contributed by atoms with Gasteiger partial charge in [0.1, 0.15) is 0 Å². The minimum atomic E-state index is -0.220. The van der Waals surface area contributed by atoms with Crippen molar-refractivity contribution in [3.8, 4) is 0 Å². The molecule has 0 unspecified atom stereocenters. The van der Waals surface area contributed by atoms with Gasteiger partial charge in [0.15, 0.2) is 0 Å². The quantitative estimate of drug-likeness (QED) is 0.589. The van der Waals surface area contributed by atoms with Crippen molar-refractivity contribution in [1.82, 2.24) is 0 Å². The predicted octanol–water partition coefficient (Wildman–Crippen LogP) is 4.29. The Morgan fingerprint density at radius 1 is 0.714 bits per heavy atom. The van der Waals surface area contributed by atoms with Crippen LogP contribution in [0.4, 0.5) is 0 Å². The molecule has 0 radical (unpaired) electrons. The average molecular weight is 278 g/mol. The van der Waals surface area contributed by atoms with Gasteiger partial charge < -0.3 is 4.79 Å². The maximum atomic E-state index is 11.9. The van der Waals surface area contributed by atoms with E-state index in [0.717, 1.165) is 6.19 Å². The van der Waals surface area contributed by atoms with Gasteiger partial charge >= 0.3 is 0 Å². The van der Waals surface area contributed by atoms with E-state index < -0.39 is 0 Å². The van der Waals surface area contributed by atoms with Crippen molar-refractivity contribution >= 4 is 12.9 Å². The van der Waals surface area contributed by atoms with Crippen LogP contribution in [0.2, 0.25) is 0 Å². The summed E-state index contributed by atoms with van der Waals surface area (Å²) in [5, 5.41) is -0.440. The molecule has 0 heterocycles. The Bertz CT molecular complexity index is 536.